The monoisotopic (exact) mass is 472 g/mol. The Morgan fingerprint density at radius 3 is 2.67 bits per heavy atom. The second kappa shape index (κ2) is 9.72. The molecule has 2 heterocycles. The molecule has 0 bridgehead atoms. The van der Waals surface area contributed by atoms with Crippen LogP contribution in [0.5, 0.6) is 17.2 Å². The maximum atomic E-state index is 13.9. The van der Waals surface area contributed by atoms with Gasteiger partial charge in [-0.3, -0.25) is 9.78 Å². The summed E-state index contributed by atoms with van der Waals surface area (Å²) in [6.45, 7) is 0.184. The minimum atomic E-state index is -0.641. The number of nitrogens with one attached hydrogen (secondary N) is 3. The average Bonchev–Trinajstić information content (AvgIpc) is 2.80. The maximum absolute atomic E-state index is 13.9. The Kier molecular flexibility index (Phi) is 6.57. The van der Waals surface area contributed by atoms with Crippen molar-refractivity contribution in [3.8, 4) is 17.2 Å². The Morgan fingerprint density at radius 2 is 1.88 bits per heavy atom. The van der Waals surface area contributed by atoms with Crippen molar-refractivity contribution in [1.29, 1.82) is 0 Å². The number of rotatable bonds is 5. The summed E-state index contributed by atoms with van der Waals surface area (Å²) in [6.07, 6.45) is 1.45. The van der Waals surface area contributed by atoms with E-state index in [1.165, 1.54) is 31.4 Å². The lowest BCUT2D eigenvalue weighted by atomic mass is 10.1. The van der Waals surface area contributed by atoms with Crippen LogP contribution in [-0.2, 0) is 11.3 Å². The van der Waals surface area contributed by atoms with Crippen molar-refractivity contribution in [2.75, 3.05) is 24.5 Å². The molecule has 0 fully saturated rings. The van der Waals surface area contributed by atoms with Gasteiger partial charge in [-0.25, -0.2) is 9.18 Å². The highest BCUT2D eigenvalue weighted by Crippen LogP contribution is 2.34. The number of ether oxygens (including phenoxy) is 3. The summed E-state index contributed by atoms with van der Waals surface area (Å²) < 4.78 is 30.1. The molecule has 0 saturated carbocycles. The normalized spacial score (nSPS) is 12.2. The summed E-state index contributed by atoms with van der Waals surface area (Å²) in [5.41, 5.74) is 1.17. The minimum absolute atomic E-state index is 0.00427. The highest BCUT2D eigenvalue weighted by Gasteiger charge is 2.19. The SMILES string of the molecule is CNC(=O)c1cc(Oc2ccc(NC(=O)Nc3cc(F)cc4c3OCOC4)c(Cl)c2)ccn1. The molecule has 2 aromatic carbocycles. The number of hydrogen-bond acceptors (Lipinski definition) is 6. The van der Waals surface area contributed by atoms with Gasteiger partial charge in [0.05, 0.1) is 23.0 Å². The van der Waals surface area contributed by atoms with E-state index in [9.17, 15) is 14.0 Å². The van der Waals surface area contributed by atoms with E-state index in [2.05, 4.69) is 20.9 Å². The van der Waals surface area contributed by atoms with Crippen molar-refractivity contribution in [3.63, 3.8) is 0 Å². The lowest BCUT2D eigenvalue weighted by Gasteiger charge is -2.21. The number of halogens is 2. The van der Waals surface area contributed by atoms with Crippen molar-refractivity contribution in [3.05, 3.63) is 70.8 Å². The molecule has 0 aliphatic carbocycles. The first-order valence-electron chi connectivity index (χ1n) is 9.69. The number of aromatic nitrogens is 1. The Hall–Kier alpha value is -3.89. The van der Waals surface area contributed by atoms with Crippen LogP contribution in [0.25, 0.3) is 0 Å². The lowest BCUT2D eigenvalue weighted by Crippen LogP contribution is -2.22. The standard InChI is InChI=1S/C22H18ClFN4O5/c1-25-21(29)19-9-15(4-5-26-19)33-14-2-3-17(16(23)8-14)27-22(30)28-18-7-13(24)6-12-10-31-11-32-20(12)18/h2-9H,10-11H2,1H3,(H,25,29)(H2,27,28,30). The number of pyridine rings is 1. The molecule has 0 spiro atoms. The van der Waals surface area contributed by atoms with E-state index >= 15 is 0 Å². The fourth-order valence-electron chi connectivity index (χ4n) is 3.07. The fourth-order valence-corrected chi connectivity index (χ4v) is 3.29. The smallest absolute Gasteiger partial charge is 0.323 e. The van der Waals surface area contributed by atoms with Crippen LogP contribution in [0, 0.1) is 5.82 Å². The highest BCUT2D eigenvalue weighted by molar-refractivity contribution is 6.34. The summed E-state index contributed by atoms with van der Waals surface area (Å²) in [6, 6.07) is 9.51. The Labute approximate surface area is 192 Å². The van der Waals surface area contributed by atoms with Crippen LogP contribution in [0.15, 0.2) is 48.7 Å². The molecular formula is C22H18ClFN4O5. The van der Waals surface area contributed by atoms with E-state index in [0.29, 0.717) is 28.5 Å². The molecule has 0 saturated heterocycles. The Balaban J connectivity index is 1.44. The number of nitrogens with zero attached hydrogens (tertiary/aromatic N) is 1. The molecular weight excluding hydrogens is 455 g/mol. The van der Waals surface area contributed by atoms with Crippen LogP contribution < -0.4 is 25.4 Å². The molecule has 9 nitrogen and oxygen atoms in total. The van der Waals surface area contributed by atoms with E-state index in [-0.39, 0.29) is 35.7 Å². The number of anilines is 2. The molecule has 0 atom stereocenters. The van der Waals surface area contributed by atoms with Gasteiger partial charge in [-0.2, -0.15) is 0 Å². The van der Waals surface area contributed by atoms with E-state index in [4.69, 9.17) is 25.8 Å². The summed E-state index contributed by atoms with van der Waals surface area (Å²) in [7, 11) is 1.50. The van der Waals surface area contributed by atoms with Gasteiger partial charge >= 0.3 is 6.03 Å². The molecule has 1 aliphatic heterocycles. The zero-order chi connectivity index (χ0) is 23.4. The zero-order valence-corrected chi connectivity index (χ0v) is 18.0. The molecule has 3 amide bonds. The van der Waals surface area contributed by atoms with Crippen molar-refractivity contribution in [2.45, 2.75) is 6.61 Å². The third-order valence-electron chi connectivity index (χ3n) is 4.54. The van der Waals surface area contributed by atoms with Crippen molar-refractivity contribution < 1.29 is 28.2 Å². The topological polar surface area (TPSA) is 111 Å². The first-order valence-corrected chi connectivity index (χ1v) is 10.1. The van der Waals surface area contributed by atoms with Gasteiger partial charge in [-0.15, -0.1) is 0 Å². The zero-order valence-electron chi connectivity index (χ0n) is 17.3. The largest absolute Gasteiger partial charge is 0.465 e. The van der Waals surface area contributed by atoms with Crippen LogP contribution in [-0.4, -0.2) is 30.8 Å². The summed E-state index contributed by atoms with van der Waals surface area (Å²) in [5, 5.41) is 7.84. The number of amides is 3. The second-order valence-corrected chi connectivity index (χ2v) is 7.24. The van der Waals surface area contributed by atoms with E-state index in [1.54, 1.807) is 18.2 Å². The average molecular weight is 473 g/mol. The predicted octanol–water partition coefficient (Wildman–Crippen LogP) is 4.54. The third-order valence-corrected chi connectivity index (χ3v) is 4.85. The maximum Gasteiger partial charge on any atom is 0.323 e. The molecule has 4 rings (SSSR count). The number of urea groups is 1. The van der Waals surface area contributed by atoms with E-state index in [0.717, 1.165) is 6.07 Å². The van der Waals surface area contributed by atoms with Crippen molar-refractivity contribution in [1.82, 2.24) is 10.3 Å². The van der Waals surface area contributed by atoms with Crippen LogP contribution in [0.4, 0.5) is 20.6 Å². The van der Waals surface area contributed by atoms with Crippen molar-refractivity contribution in [2.24, 2.45) is 0 Å². The molecule has 3 aromatic rings. The third kappa shape index (κ3) is 5.30. The number of hydrogen-bond donors (Lipinski definition) is 3. The molecule has 1 aliphatic rings. The number of carbonyl (C=O) groups is 2. The minimum Gasteiger partial charge on any atom is -0.465 e. The summed E-state index contributed by atoms with van der Waals surface area (Å²) in [4.78, 5) is 28.2. The molecule has 33 heavy (non-hydrogen) atoms. The quantitative estimate of drug-likeness (QED) is 0.503. The molecule has 0 radical (unpaired) electrons. The van der Waals surface area contributed by atoms with Gasteiger partial charge in [0, 0.05) is 37.0 Å². The van der Waals surface area contributed by atoms with Crippen LogP contribution in [0.1, 0.15) is 16.1 Å². The van der Waals surface area contributed by atoms with Gasteiger partial charge in [-0.05, 0) is 24.3 Å². The number of carbonyl (C=O) groups excluding carboxylic acids is 2. The van der Waals surface area contributed by atoms with Gasteiger partial charge in [0.15, 0.2) is 12.5 Å². The molecule has 0 unspecified atom stereocenters. The van der Waals surface area contributed by atoms with Gasteiger partial charge in [-0.1, -0.05) is 11.6 Å². The Bertz CT molecular complexity index is 1220. The van der Waals surface area contributed by atoms with E-state index < -0.39 is 11.8 Å². The van der Waals surface area contributed by atoms with Gasteiger partial charge < -0.3 is 30.2 Å². The highest BCUT2D eigenvalue weighted by atomic mass is 35.5. The van der Waals surface area contributed by atoms with E-state index in [1.807, 2.05) is 0 Å². The number of fused-ring (bicyclic) bond motifs is 1. The first kappa shape index (κ1) is 22.3. The summed E-state index contributed by atoms with van der Waals surface area (Å²) >= 11 is 6.29. The Morgan fingerprint density at radius 1 is 1.09 bits per heavy atom. The van der Waals surface area contributed by atoms with Gasteiger partial charge in [0.1, 0.15) is 23.0 Å². The van der Waals surface area contributed by atoms with Crippen LogP contribution in [0.3, 0.4) is 0 Å². The molecule has 170 valence electrons. The van der Waals surface area contributed by atoms with Crippen molar-refractivity contribution >= 4 is 34.9 Å². The lowest BCUT2D eigenvalue weighted by molar-refractivity contribution is -0.0160. The van der Waals surface area contributed by atoms with Crippen LogP contribution in [0.2, 0.25) is 5.02 Å². The molecule has 1 aromatic heterocycles. The first-order chi connectivity index (χ1) is 15.9. The number of benzene rings is 2. The van der Waals surface area contributed by atoms with Gasteiger partial charge in [0.2, 0.25) is 0 Å². The fraction of sp³-hybridized carbons (Fsp3) is 0.136. The predicted molar refractivity (Wildman–Crippen MR) is 118 cm³/mol. The van der Waals surface area contributed by atoms with Gasteiger partial charge in [0.25, 0.3) is 5.91 Å². The molecule has 11 heteroatoms. The van der Waals surface area contributed by atoms with Crippen LogP contribution >= 0.6 is 11.6 Å². The summed E-state index contributed by atoms with van der Waals surface area (Å²) in [5.74, 6) is 0.238. The molecule has 3 N–H and O–H groups in total. The second-order valence-electron chi connectivity index (χ2n) is 6.83.